The van der Waals surface area contributed by atoms with Crippen molar-refractivity contribution in [3.05, 3.63) is 64.7 Å². The van der Waals surface area contributed by atoms with Crippen LogP contribution in [0.25, 0.3) is 0 Å². The molecule has 0 fully saturated rings. The van der Waals surface area contributed by atoms with Crippen LogP contribution in [0, 0.1) is 0 Å². The molecule has 0 aliphatic heterocycles. The van der Waals surface area contributed by atoms with Gasteiger partial charge in [-0.25, -0.2) is 0 Å². The molecule has 2 rings (SSSR count). The van der Waals surface area contributed by atoms with E-state index in [-0.39, 0.29) is 17.6 Å². The van der Waals surface area contributed by atoms with Crippen molar-refractivity contribution in [3.8, 4) is 5.75 Å². The Labute approximate surface area is 181 Å². The Hall–Kier alpha value is -2.18. The molecule has 0 unspecified atom stereocenters. The summed E-state index contributed by atoms with van der Waals surface area (Å²) in [5, 5.41) is 3.48. The Balaban J connectivity index is 2.08. The maximum absolute atomic E-state index is 13.0. The highest BCUT2D eigenvalue weighted by atomic mass is 35.5. The predicted octanol–water partition coefficient (Wildman–Crippen LogP) is 4.14. The number of benzene rings is 2. The molecule has 7 heteroatoms. The zero-order valence-corrected chi connectivity index (χ0v) is 18.6. The van der Waals surface area contributed by atoms with Crippen molar-refractivity contribution in [3.63, 3.8) is 0 Å². The fraction of sp³-hybridized carbons (Fsp3) is 0.364. The van der Waals surface area contributed by atoms with E-state index in [1.807, 2.05) is 55.5 Å². The third kappa shape index (κ3) is 7.29. The molecule has 0 heterocycles. The summed E-state index contributed by atoms with van der Waals surface area (Å²) in [7, 11) is 1.60. The van der Waals surface area contributed by atoms with Crippen LogP contribution in [0.1, 0.15) is 25.0 Å². The van der Waals surface area contributed by atoms with E-state index in [0.717, 1.165) is 16.9 Å². The smallest absolute Gasteiger partial charge is 0.242 e. The highest BCUT2D eigenvalue weighted by Gasteiger charge is 2.25. The van der Waals surface area contributed by atoms with Gasteiger partial charge < -0.3 is 15.0 Å². The lowest BCUT2D eigenvalue weighted by Crippen LogP contribution is -2.48. The second-order valence-electron chi connectivity index (χ2n) is 6.57. The van der Waals surface area contributed by atoms with Crippen LogP contribution in [0.3, 0.4) is 0 Å². The number of nitrogens with one attached hydrogen (secondary N) is 1. The third-order valence-corrected chi connectivity index (χ3v) is 5.61. The molecule has 156 valence electrons. The summed E-state index contributed by atoms with van der Waals surface area (Å²) >= 11 is 7.52. The Morgan fingerprint density at radius 3 is 2.59 bits per heavy atom. The summed E-state index contributed by atoms with van der Waals surface area (Å²) in [5.41, 5.74) is 1.97. The molecule has 29 heavy (non-hydrogen) atoms. The minimum absolute atomic E-state index is 0.0846. The number of hydrogen-bond donors (Lipinski definition) is 1. The number of thioether (sulfide) groups is 1. The maximum atomic E-state index is 13.0. The highest BCUT2D eigenvalue weighted by molar-refractivity contribution is 7.99. The molecule has 1 N–H and O–H groups in total. The summed E-state index contributed by atoms with van der Waals surface area (Å²) in [6.07, 6.45) is 0. The molecule has 0 bridgehead atoms. The topological polar surface area (TPSA) is 58.6 Å². The minimum atomic E-state index is -0.569. The number of halogens is 1. The van der Waals surface area contributed by atoms with Gasteiger partial charge in [-0.05, 0) is 49.2 Å². The van der Waals surface area contributed by atoms with Crippen molar-refractivity contribution in [2.24, 2.45) is 0 Å². The number of carbonyl (C=O) groups excluding carboxylic acids is 2. The molecule has 0 saturated heterocycles. The average molecular weight is 435 g/mol. The third-order valence-electron chi connectivity index (χ3n) is 4.39. The normalized spacial score (nSPS) is 11.6. The van der Waals surface area contributed by atoms with Gasteiger partial charge in [0.1, 0.15) is 11.8 Å². The molecule has 1 atom stereocenters. The largest absolute Gasteiger partial charge is 0.497 e. The SMILES string of the molecule is CCNC(=O)[C@H](C)N(Cc1cccc(OC)c1)C(=O)CSCc1cccc(Cl)c1. The summed E-state index contributed by atoms with van der Waals surface area (Å²) in [6.45, 7) is 4.48. The van der Waals surface area contributed by atoms with Gasteiger partial charge in [-0.3, -0.25) is 9.59 Å². The van der Waals surface area contributed by atoms with Crippen molar-refractivity contribution in [2.45, 2.75) is 32.2 Å². The molecular formula is C22H27ClN2O3S. The second-order valence-corrected chi connectivity index (χ2v) is 7.99. The van der Waals surface area contributed by atoms with Crippen molar-refractivity contribution >= 4 is 35.2 Å². The van der Waals surface area contributed by atoms with E-state index >= 15 is 0 Å². The van der Waals surface area contributed by atoms with Gasteiger partial charge in [0.2, 0.25) is 11.8 Å². The summed E-state index contributed by atoms with van der Waals surface area (Å²) in [5.74, 6) is 1.42. The van der Waals surface area contributed by atoms with Gasteiger partial charge in [0.25, 0.3) is 0 Å². The fourth-order valence-corrected chi connectivity index (χ4v) is 3.91. The van der Waals surface area contributed by atoms with Gasteiger partial charge in [0, 0.05) is 23.9 Å². The summed E-state index contributed by atoms with van der Waals surface area (Å²) < 4.78 is 5.27. The molecule has 0 spiro atoms. The molecule has 0 radical (unpaired) electrons. The Kier molecular flexibility index (Phi) is 9.35. The predicted molar refractivity (Wildman–Crippen MR) is 119 cm³/mol. The van der Waals surface area contributed by atoms with Gasteiger partial charge in [-0.2, -0.15) is 0 Å². The number of rotatable bonds is 10. The molecule has 5 nitrogen and oxygen atoms in total. The van der Waals surface area contributed by atoms with Crippen LogP contribution in [0.2, 0.25) is 5.02 Å². The van der Waals surface area contributed by atoms with Crippen molar-refractivity contribution < 1.29 is 14.3 Å². The molecule has 2 aromatic carbocycles. The van der Waals surface area contributed by atoms with Crippen LogP contribution in [-0.2, 0) is 21.9 Å². The van der Waals surface area contributed by atoms with Crippen LogP contribution >= 0.6 is 23.4 Å². The van der Waals surface area contributed by atoms with Gasteiger partial charge >= 0.3 is 0 Å². The van der Waals surface area contributed by atoms with Crippen molar-refractivity contribution in [1.29, 1.82) is 0 Å². The van der Waals surface area contributed by atoms with Gasteiger partial charge in [-0.1, -0.05) is 35.9 Å². The number of ether oxygens (including phenoxy) is 1. The lowest BCUT2D eigenvalue weighted by Gasteiger charge is -2.28. The van der Waals surface area contributed by atoms with Gasteiger partial charge in [0.05, 0.1) is 12.9 Å². The van der Waals surface area contributed by atoms with E-state index in [1.165, 1.54) is 11.8 Å². The van der Waals surface area contributed by atoms with Gasteiger partial charge in [0.15, 0.2) is 0 Å². The zero-order chi connectivity index (χ0) is 21.2. The number of hydrogen-bond acceptors (Lipinski definition) is 4. The quantitative estimate of drug-likeness (QED) is 0.610. The minimum Gasteiger partial charge on any atom is -0.497 e. The van der Waals surface area contributed by atoms with E-state index < -0.39 is 6.04 Å². The lowest BCUT2D eigenvalue weighted by atomic mass is 10.1. The first kappa shape index (κ1) is 23.1. The number of nitrogens with zero attached hydrogens (tertiary/aromatic N) is 1. The fourth-order valence-electron chi connectivity index (χ4n) is 2.84. The van der Waals surface area contributed by atoms with Crippen LogP contribution in [-0.4, -0.2) is 42.2 Å². The van der Waals surface area contributed by atoms with E-state index in [1.54, 1.807) is 18.9 Å². The van der Waals surface area contributed by atoms with E-state index in [9.17, 15) is 9.59 Å². The monoisotopic (exact) mass is 434 g/mol. The molecule has 0 saturated carbocycles. The molecule has 0 aliphatic carbocycles. The maximum Gasteiger partial charge on any atom is 0.242 e. The number of likely N-dealkylation sites (N-methyl/N-ethyl adjacent to an activating group) is 1. The van der Waals surface area contributed by atoms with Crippen LogP contribution in [0.5, 0.6) is 5.75 Å². The van der Waals surface area contributed by atoms with Gasteiger partial charge in [-0.15, -0.1) is 11.8 Å². The van der Waals surface area contributed by atoms with Crippen molar-refractivity contribution in [1.82, 2.24) is 10.2 Å². The van der Waals surface area contributed by atoms with Crippen molar-refractivity contribution in [2.75, 3.05) is 19.4 Å². The second kappa shape index (κ2) is 11.7. The summed E-state index contributed by atoms with van der Waals surface area (Å²) in [4.78, 5) is 27.0. The molecule has 2 amide bonds. The Morgan fingerprint density at radius 2 is 1.90 bits per heavy atom. The Bertz CT molecular complexity index is 831. The van der Waals surface area contributed by atoms with Crippen LogP contribution in [0.4, 0.5) is 0 Å². The van der Waals surface area contributed by atoms with Crippen LogP contribution < -0.4 is 10.1 Å². The molecule has 2 aromatic rings. The van der Waals surface area contributed by atoms with E-state index in [0.29, 0.717) is 23.9 Å². The molecule has 0 aliphatic rings. The van der Waals surface area contributed by atoms with E-state index in [4.69, 9.17) is 16.3 Å². The number of amides is 2. The first-order chi connectivity index (χ1) is 13.9. The van der Waals surface area contributed by atoms with E-state index in [2.05, 4.69) is 5.32 Å². The standard InChI is InChI=1S/C22H27ClN2O3S/c1-4-24-22(27)16(2)25(13-17-7-6-10-20(12-17)28-3)21(26)15-29-14-18-8-5-9-19(23)11-18/h5-12,16H,4,13-15H2,1-3H3,(H,24,27)/t16-/m0/s1. The first-order valence-electron chi connectivity index (χ1n) is 9.47. The average Bonchev–Trinajstić information content (AvgIpc) is 2.71. The zero-order valence-electron chi connectivity index (χ0n) is 17.0. The Morgan fingerprint density at radius 1 is 1.17 bits per heavy atom. The number of carbonyl (C=O) groups is 2. The summed E-state index contributed by atoms with van der Waals surface area (Å²) in [6, 6.07) is 14.6. The van der Waals surface area contributed by atoms with Crippen LogP contribution in [0.15, 0.2) is 48.5 Å². The molecular weight excluding hydrogens is 408 g/mol. The highest BCUT2D eigenvalue weighted by Crippen LogP contribution is 2.20. The number of methoxy groups -OCH3 is 1. The molecule has 0 aromatic heterocycles. The first-order valence-corrected chi connectivity index (χ1v) is 11.0. The lowest BCUT2D eigenvalue weighted by molar-refractivity contribution is -0.138.